The van der Waals surface area contributed by atoms with E-state index in [9.17, 15) is 14.4 Å². The number of anilines is 1. The van der Waals surface area contributed by atoms with Crippen molar-refractivity contribution in [3.63, 3.8) is 0 Å². The third-order valence-corrected chi connectivity index (χ3v) is 4.55. The number of nitrogens with zero attached hydrogens (tertiary/aromatic N) is 1. The molecule has 2 aromatic rings. The topological polar surface area (TPSA) is 75.7 Å². The number of nitrogens with one attached hydrogen (secondary N) is 1. The van der Waals surface area contributed by atoms with E-state index in [0.717, 1.165) is 24.9 Å². The zero-order valence-corrected chi connectivity index (χ0v) is 15.9. The summed E-state index contributed by atoms with van der Waals surface area (Å²) in [4.78, 5) is 38.0. The fourth-order valence-electron chi connectivity index (χ4n) is 3.07. The maximum Gasteiger partial charge on any atom is 0.338 e. The predicted octanol–water partition coefficient (Wildman–Crippen LogP) is 3.63. The molecule has 146 valence electrons. The Morgan fingerprint density at radius 1 is 1.11 bits per heavy atom. The number of carbonyl (C=O) groups is 3. The molecular weight excluding hydrogens is 356 g/mol. The minimum absolute atomic E-state index is 0.160. The van der Waals surface area contributed by atoms with Gasteiger partial charge in [0.15, 0.2) is 0 Å². The normalized spacial score (nSPS) is 13.5. The average molecular weight is 380 g/mol. The van der Waals surface area contributed by atoms with Crippen LogP contribution in [0.4, 0.5) is 5.69 Å². The predicted molar refractivity (Wildman–Crippen MR) is 106 cm³/mol. The van der Waals surface area contributed by atoms with Gasteiger partial charge >= 0.3 is 5.97 Å². The van der Waals surface area contributed by atoms with Gasteiger partial charge in [-0.25, -0.2) is 4.79 Å². The van der Waals surface area contributed by atoms with E-state index in [1.165, 1.54) is 0 Å². The summed E-state index contributed by atoms with van der Waals surface area (Å²) < 4.78 is 5.09. The van der Waals surface area contributed by atoms with Crippen LogP contribution < -0.4 is 5.32 Å². The van der Waals surface area contributed by atoms with E-state index >= 15 is 0 Å². The molecule has 1 aliphatic heterocycles. The summed E-state index contributed by atoms with van der Waals surface area (Å²) in [7, 11) is 0. The Morgan fingerprint density at radius 2 is 1.89 bits per heavy atom. The van der Waals surface area contributed by atoms with Gasteiger partial charge in [0.2, 0.25) is 5.91 Å². The maximum atomic E-state index is 12.5. The number of hydrogen-bond acceptors (Lipinski definition) is 4. The van der Waals surface area contributed by atoms with Crippen molar-refractivity contribution in [3.8, 4) is 0 Å². The van der Waals surface area contributed by atoms with Gasteiger partial charge in [-0.2, -0.15) is 0 Å². The molecular formula is C22H24N2O4. The number of benzene rings is 2. The minimum atomic E-state index is -0.371. The van der Waals surface area contributed by atoms with Crippen molar-refractivity contribution < 1.29 is 19.1 Å². The number of carbonyl (C=O) groups excluding carboxylic acids is 3. The maximum absolute atomic E-state index is 12.5. The van der Waals surface area contributed by atoms with E-state index in [2.05, 4.69) is 5.32 Å². The lowest BCUT2D eigenvalue weighted by Crippen LogP contribution is -2.24. The molecule has 2 aromatic carbocycles. The fraction of sp³-hybridized carbons (Fsp3) is 0.318. The van der Waals surface area contributed by atoms with Crippen molar-refractivity contribution in [3.05, 3.63) is 65.2 Å². The summed E-state index contributed by atoms with van der Waals surface area (Å²) >= 11 is 0. The second-order valence-corrected chi connectivity index (χ2v) is 6.79. The van der Waals surface area contributed by atoms with Crippen LogP contribution in [0.15, 0.2) is 48.5 Å². The van der Waals surface area contributed by atoms with Crippen LogP contribution in [0, 0.1) is 0 Å². The second-order valence-electron chi connectivity index (χ2n) is 6.79. The summed E-state index contributed by atoms with van der Waals surface area (Å²) in [6.45, 7) is 3.61. The van der Waals surface area contributed by atoms with Crippen molar-refractivity contribution in [2.45, 2.75) is 32.7 Å². The number of amides is 2. The molecule has 1 heterocycles. The number of likely N-dealkylation sites (tertiary alicyclic amines) is 1. The van der Waals surface area contributed by atoms with E-state index in [1.54, 1.807) is 36.4 Å². The average Bonchev–Trinajstić information content (AvgIpc) is 3.11. The highest BCUT2D eigenvalue weighted by molar-refractivity contribution is 6.04. The van der Waals surface area contributed by atoms with Gasteiger partial charge in [-0.3, -0.25) is 9.59 Å². The van der Waals surface area contributed by atoms with Crippen molar-refractivity contribution in [1.82, 2.24) is 4.90 Å². The first kappa shape index (κ1) is 19.6. The first-order valence-electron chi connectivity index (χ1n) is 9.52. The lowest BCUT2D eigenvalue weighted by molar-refractivity contribution is -0.128. The van der Waals surface area contributed by atoms with Crippen LogP contribution in [0.1, 0.15) is 52.5 Å². The number of hydrogen-bond donors (Lipinski definition) is 1. The van der Waals surface area contributed by atoms with Crippen LogP contribution >= 0.6 is 0 Å². The molecule has 2 amide bonds. The highest BCUT2D eigenvalue weighted by atomic mass is 16.5. The third-order valence-electron chi connectivity index (χ3n) is 4.55. The van der Waals surface area contributed by atoms with E-state index in [1.807, 2.05) is 24.0 Å². The lowest BCUT2D eigenvalue weighted by atomic mass is 10.1. The first-order chi connectivity index (χ1) is 13.6. The van der Waals surface area contributed by atoms with Crippen molar-refractivity contribution in [2.75, 3.05) is 18.5 Å². The Kier molecular flexibility index (Phi) is 6.42. The van der Waals surface area contributed by atoms with Gasteiger partial charge in [-0.15, -0.1) is 0 Å². The Bertz CT molecular complexity index is 861. The van der Waals surface area contributed by atoms with Crippen LogP contribution in [-0.2, 0) is 16.1 Å². The molecule has 0 atom stereocenters. The van der Waals surface area contributed by atoms with E-state index in [4.69, 9.17) is 4.74 Å². The van der Waals surface area contributed by atoms with Gasteiger partial charge in [0.25, 0.3) is 5.91 Å². The molecule has 0 aromatic heterocycles. The largest absolute Gasteiger partial charge is 0.462 e. The number of esters is 1. The van der Waals surface area contributed by atoms with Crippen LogP contribution in [0.3, 0.4) is 0 Å². The molecule has 0 aliphatic carbocycles. The Morgan fingerprint density at radius 3 is 2.57 bits per heavy atom. The highest BCUT2D eigenvalue weighted by Gasteiger charge is 2.20. The van der Waals surface area contributed by atoms with Crippen LogP contribution in [0.2, 0.25) is 0 Å². The van der Waals surface area contributed by atoms with E-state index in [0.29, 0.717) is 36.4 Å². The van der Waals surface area contributed by atoms with Gasteiger partial charge in [-0.05, 0) is 54.8 Å². The van der Waals surface area contributed by atoms with E-state index < -0.39 is 0 Å². The Balaban J connectivity index is 1.62. The van der Waals surface area contributed by atoms with Crippen molar-refractivity contribution in [2.24, 2.45) is 0 Å². The number of ether oxygens (including phenoxy) is 1. The molecule has 0 unspecified atom stereocenters. The molecule has 0 bridgehead atoms. The smallest absolute Gasteiger partial charge is 0.338 e. The van der Waals surface area contributed by atoms with Gasteiger partial charge in [0, 0.05) is 30.8 Å². The molecule has 1 saturated heterocycles. The molecule has 6 heteroatoms. The zero-order chi connectivity index (χ0) is 19.9. The fourth-order valence-corrected chi connectivity index (χ4v) is 3.07. The van der Waals surface area contributed by atoms with Crippen molar-refractivity contribution in [1.29, 1.82) is 0 Å². The Labute approximate surface area is 164 Å². The zero-order valence-electron chi connectivity index (χ0n) is 15.9. The van der Waals surface area contributed by atoms with Gasteiger partial charge in [0.1, 0.15) is 0 Å². The third kappa shape index (κ3) is 4.97. The monoisotopic (exact) mass is 380 g/mol. The van der Waals surface area contributed by atoms with Crippen LogP contribution in [0.5, 0.6) is 0 Å². The molecule has 0 radical (unpaired) electrons. The standard InChI is InChI=1S/C22H24N2O4/c1-2-13-28-22(27)17-8-10-19(11-9-17)23-21(26)18-6-3-5-16(14-18)15-24-12-4-7-20(24)25/h3,5-6,8-11,14H,2,4,7,12-13,15H2,1H3,(H,23,26). The molecule has 0 saturated carbocycles. The van der Waals surface area contributed by atoms with Gasteiger partial charge in [-0.1, -0.05) is 19.1 Å². The first-order valence-corrected chi connectivity index (χ1v) is 9.52. The van der Waals surface area contributed by atoms with Gasteiger partial charge < -0.3 is 15.0 Å². The highest BCUT2D eigenvalue weighted by Crippen LogP contribution is 2.17. The quantitative estimate of drug-likeness (QED) is 0.744. The summed E-state index contributed by atoms with van der Waals surface area (Å²) in [6, 6.07) is 13.9. The molecule has 6 nitrogen and oxygen atoms in total. The Hall–Kier alpha value is -3.15. The number of rotatable bonds is 7. The van der Waals surface area contributed by atoms with Crippen molar-refractivity contribution >= 4 is 23.5 Å². The van der Waals surface area contributed by atoms with E-state index in [-0.39, 0.29) is 17.8 Å². The van der Waals surface area contributed by atoms with Crippen LogP contribution in [-0.4, -0.2) is 35.8 Å². The van der Waals surface area contributed by atoms with Gasteiger partial charge in [0.05, 0.1) is 12.2 Å². The summed E-state index contributed by atoms with van der Waals surface area (Å²) in [5, 5.41) is 2.83. The molecule has 1 N–H and O–H groups in total. The summed E-state index contributed by atoms with van der Waals surface area (Å²) in [6.07, 6.45) is 2.26. The molecule has 0 spiro atoms. The lowest BCUT2D eigenvalue weighted by Gasteiger charge is -2.16. The molecule has 28 heavy (non-hydrogen) atoms. The minimum Gasteiger partial charge on any atom is -0.462 e. The second kappa shape index (κ2) is 9.17. The summed E-state index contributed by atoms with van der Waals surface area (Å²) in [5.41, 5.74) is 2.49. The van der Waals surface area contributed by atoms with Crippen LogP contribution in [0.25, 0.3) is 0 Å². The summed E-state index contributed by atoms with van der Waals surface area (Å²) in [5.74, 6) is -0.452. The molecule has 3 rings (SSSR count). The molecule has 1 fully saturated rings. The SMILES string of the molecule is CCCOC(=O)c1ccc(NC(=O)c2cccc(CN3CCCC3=O)c2)cc1. The molecule has 1 aliphatic rings.